The Morgan fingerprint density at radius 3 is 2.53 bits per heavy atom. The van der Waals surface area contributed by atoms with E-state index in [1.54, 1.807) is 24.6 Å². The Hall–Kier alpha value is -2.15. The van der Waals surface area contributed by atoms with Gasteiger partial charge in [0, 0.05) is 18.3 Å². The van der Waals surface area contributed by atoms with Gasteiger partial charge in [0.25, 0.3) is 0 Å². The van der Waals surface area contributed by atoms with Crippen LogP contribution in [0.25, 0.3) is 11.3 Å². The molecular weight excluding hydrogens is 222 g/mol. The van der Waals surface area contributed by atoms with Crippen LogP contribution in [0, 0.1) is 29.9 Å². The van der Waals surface area contributed by atoms with Crippen molar-refractivity contribution in [2.45, 2.75) is 6.92 Å². The average molecular weight is 232 g/mol. The van der Waals surface area contributed by atoms with E-state index in [2.05, 4.69) is 0 Å². The van der Waals surface area contributed by atoms with E-state index < -0.39 is 11.6 Å². The summed E-state index contributed by atoms with van der Waals surface area (Å²) in [6.07, 6.45) is 0. The zero-order valence-electron chi connectivity index (χ0n) is 9.46. The number of hydrogen-bond donors (Lipinski definition) is 0. The normalized spacial score (nSPS) is 10.3. The lowest BCUT2D eigenvalue weighted by Crippen LogP contribution is -1.96. The molecule has 0 radical (unpaired) electrons. The third-order valence-corrected chi connectivity index (χ3v) is 2.86. The number of nitriles is 1. The fourth-order valence-electron chi connectivity index (χ4n) is 1.76. The largest absolute Gasteiger partial charge is 0.347 e. The lowest BCUT2D eigenvalue weighted by Gasteiger charge is -2.06. The summed E-state index contributed by atoms with van der Waals surface area (Å²) in [7, 11) is 1.72. The molecule has 1 aromatic carbocycles. The van der Waals surface area contributed by atoms with Crippen molar-refractivity contribution in [2.75, 3.05) is 0 Å². The van der Waals surface area contributed by atoms with Crippen LogP contribution in [0.2, 0.25) is 0 Å². The maximum atomic E-state index is 13.6. The highest BCUT2D eigenvalue weighted by molar-refractivity contribution is 5.64. The molecule has 1 aromatic heterocycles. The molecule has 2 aromatic rings. The molecule has 2 nitrogen and oxygen atoms in total. The minimum absolute atomic E-state index is 0.164. The average Bonchev–Trinajstić information content (AvgIpc) is 2.59. The molecule has 0 aliphatic rings. The summed E-state index contributed by atoms with van der Waals surface area (Å²) < 4.78 is 28.4. The molecule has 2 rings (SSSR count). The highest BCUT2D eigenvalue weighted by Crippen LogP contribution is 2.27. The summed E-state index contributed by atoms with van der Waals surface area (Å²) in [5.74, 6) is -1.00. The van der Waals surface area contributed by atoms with Gasteiger partial charge in [0.15, 0.2) is 0 Å². The lowest BCUT2D eigenvalue weighted by molar-refractivity contribution is 0.602. The van der Waals surface area contributed by atoms with Gasteiger partial charge >= 0.3 is 0 Å². The van der Waals surface area contributed by atoms with Crippen molar-refractivity contribution >= 4 is 0 Å². The number of halogens is 2. The van der Waals surface area contributed by atoms with Gasteiger partial charge < -0.3 is 4.57 Å². The molecule has 0 amide bonds. The minimum atomic E-state index is -0.503. The molecular formula is C13H10F2N2. The zero-order chi connectivity index (χ0) is 12.6. The molecule has 1 heterocycles. The molecule has 17 heavy (non-hydrogen) atoms. The van der Waals surface area contributed by atoms with Gasteiger partial charge in [0.2, 0.25) is 0 Å². The van der Waals surface area contributed by atoms with Gasteiger partial charge in [-0.2, -0.15) is 5.26 Å². The molecule has 4 heteroatoms. The second-order valence-electron chi connectivity index (χ2n) is 3.82. The van der Waals surface area contributed by atoms with E-state index in [4.69, 9.17) is 5.26 Å². The summed E-state index contributed by atoms with van der Waals surface area (Å²) in [6, 6.07) is 6.87. The number of rotatable bonds is 1. The van der Waals surface area contributed by atoms with E-state index in [9.17, 15) is 8.78 Å². The van der Waals surface area contributed by atoms with E-state index in [0.717, 1.165) is 23.9 Å². The van der Waals surface area contributed by atoms with Crippen LogP contribution < -0.4 is 0 Å². The quantitative estimate of drug-likeness (QED) is 0.742. The fraction of sp³-hybridized carbons (Fsp3) is 0.154. The standard InChI is InChI=1S/C13H10F2N2/c1-8-9(7-16)5-13(17(8)2)11-6-10(14)3-4-12(11)15/h3-6H,1-2H3. The van der Waals surface area contributed by atoms with Crippen LogP contribution >= 0.6 is 0 Å². The Bertz CT molecular complexity index is 621. The minimum Gasteiger partial charge on any atom is -0.347 e. The highest BCUT2D eigenvalue weighted by atomic mass is 19.1. The van der Waals surface area contributed by atoms with Crippen molar-refractivity contribution < 1.29 is 8.78 Å². The molecule has 0 saturated carbocycles. The van der Waals surface area contributed by atoms with Crippen LogP contribution in [0.1, 0.15) is 11.3 Å². The van der Waals surface area contributed by atoms with Crippen molar-refractivity contribution in [2.24, 2.45) is 7.05 Å². The van der Waals surface area contributed by atoms with Gasteiger partial charge in [-0.15, -0.1) is 0 Å². The maximum absolute atomic E-state index is 13.6. The Kier molecular flexibility index (Phi) is 2.68. The first-order valence-electron chi connectivity index (χ1n) is 5.06. The van der Waals surface area contributed by atoms with E-state index in [1.165, 1.54) is 0 Å². The molecule has 0 atom stereocenters. The van der Waals surface area contributed by atoms with Crippen molar-refractivity contribution in [1.29, 1.82) is 5.26 Å². The third-order valence-electron chi connectivity index (χ3n) is 2.86. The van der Waals surface area contributed by atoms with Crippen LogP contribution in [0.4, 0.5) is 8.78 Å². The predicted molar refractivity (Wildman–Crippen MR) is 60.2 cm³/mol. The molecule has 0 aliphatic heterocycles. The van der Waals surface area contributed by atoms with E-state index in [-0.39, 0.29) is 5.56 Å². The lowest BCUT2D eigenvalue weighted by atomic mass is 10.1. The van der Waals surface area contributed by atoms with Crippen molar-refractivity contribution in [1.82, 2.24) is 4.57 Å². The van der Waals surface area contributed by atoms with E-state index >= 15 is 0 Å². The van der Waals surface area contributed by atoms with Gasteiger partial charge in [-0.25, -0.2) is 8.78 Å². The Morgan fingerprint density at radius 2 is 1.94 bits per heavy atom. The highest BCUT2D eigenvalue weighted by Gasteiger charge is 2.14. The second kappa shape index (κ2) is 4.02. The summed E-state index contributed by atoms with van der Waals surface area (Å²) in [4.78, 5) is 0. The fourth-order valence-corrected chi connectivity index (χ4v) is 1.76. The molecule has 0 N–H and O–H groups in total. The van der Waals surface area contributed by atoms with Gasteiger partial charge in [-0.1, -0.05) is 0 Å². The number of hydrogen-bond acceptors (Lipinski definition) is 1. The first-order chi connectivity index (χ1) is 8.04. The SMILES string of the molecule is Cc1c(C#N)cc(-c2cc(F)ccc2F)n1C. The predicted octanol–water partition coefficient (Wildman–Crippen LogP) is 3.15. The Balaban J connectivity index is 2.69. The van der Waals surface area contributed by atoms with Crippen molar-refractivity contribution in [3.8, 4) is 17.3 Å². The molecule has 86 valence electrons. The number of aromatic nitrogens is 1. The van der Waals surface area contributed by atoms with Crippen molar-refractivity contribution in [3.05, 3.63) is 47.2 Å². The Morgan fingerprint density at radius 1 is 1.24 bits per heavy atom. The Labute approximate surface area is 97.7 Å². The summed E-state index contributed by atoms with van der Waals surface area (Å²) in [5.41, 5.74) is 1.85. The maximum Gasteiger partial charge on any atom is 0.132 e. The summed E-state index contributed by atoms with van der Waals surface area (Å²) in [5, 5.41) is 8.90. The van der Waals surface area contributed by atoms with Gasteiger partial charge in [-0.3, -0.25) is 0 Å². The van der Waals surface area contributed by atoms with E-state index in [0.29, 0.717) is 11.3 Å². The van der Waals surface area contributed by atoms with Gasteiger partial charge in [-0.05, 0) is 31.2 Å². The molecule has 0 aliphatic carbocycles. The molecule has 0 fully saturated rings. The number of benzene rings is 1. The topological polar surface area (TPSA) is 28.7 Å². The van der Waals surface area contributed by atoms with Crippen LogP contribution in [-0.4, -0.2) is 4.57 Å². The van der Waals surface area contributed by atoms with Crippen molar-refractivity contribution in [3.63, 3.8) is 0 Å². The van der Waals surface area contributed by atoms with Gasteiger partial charge in [0.05, 0.1) is 11.3 Å². The summed E-state index contributed by atoms with van der Waals surface area (Å²) in [6.45, 7) is 1.76. The number of nitrogens with zero attached hydrogens (tertiary/aromatic N) is 2. The monoisotopic (exact) mass is 232 g/mol. The van der Waals surface area contributed by atoms with Gasteiger partial charge in [0.1, 0.15) is 17.7 Å². The van der Waals surface area contributed by atoms with Crippen LogP contribution in [0.15, 0.2) is 24.3 Å². The van der Waals surface area contributed by atoms with Crippen LogP contribution in [0.5, 0.6) is 0 Å². The van der Waals surface area contributed by atoms with E-state index in [1.807, 2.05) is 6.07 Å². The third kappa shape index (κ3) is 1.80. The first-order valence-corrected chi connectivity index (χ1v) is 5.06. The second-order valence-corrected chi connectivity index (χ2v) is 3.82. The first kappa shape index (κ1) is 11.3. The molecule has 0 unspecified atom stereocenters. The van der Waals surface area contributed by atoms with Crippen LogP contribution in [0.3, 0.4) is 0 Å². The summed E-state index contributed by atoms with van der Waals surface area (Å²) >= 11 is 0. The molecule has 0 spiro atoms. The smallest absolute Gasteiger partial charge is 0.132 e. The zero-order valence-corrected chi connectivity index (χ0v) is 9.46. The van der Waals surface area contributed by atoms with Crippen LogP contribution in [-0.2, 0) is 7.05 Å². The molecule has 0 bridgehead atoms. The molecule has 0 saturated heterocycles.